The molecular formula is C28H29Cl2FN2O3. The molecule has 3 aromatic rings. The largest absolute Gasteiger partial charge is 0.484 e. The van der Waals surface area contributed by atoms with Crippen LogP contribution in [0.5, 0.6) is 5.75 Å². The second-order valence-electron chi connectivity index (χ2n) is 8.49. The zero-order valence-electron chi connectivity index (χ0n) is 20.2. The van der Waals surface area contributed by atoms with Crippen LogP contribution >= 0.6 is 23.2 Å². The molecule has 0 bridgehead atoms. The average molecular weight is 531 g/mol. The smallest absolute Gasteiger partial charge is 0.261 e. The maximum absolute atomic E-state index is 13.6. The fourth-order valence-corrected chi connectivity index (χ4v) is 4.12. The highest BCUT2D eigenvalue weighted by atomic mass is 35.5. The summed E-state index contributed by atoms with van der Waals surface area (Å²) in [6.07, 6.45) is 1.02. The number of benzene rings is 3. The third-order valence-corrected chi connectivity index (χ3v) is 6.55. The molecule has 3 rings (SSSR count). The lowest BCUT2D eigenvalue weighted by atomic mass is 10.0. The average Bonchev–Trinajstić information content (AvgIpc) is 2.87. The van der Waals surface area contributed by atoms with Crippen molar-refractivity contribution in [2.75, 3.05) is 6.61 Å². The number of hydrogen-bond donors (Lipinski definition) is 1. The maximum Gasteiger partial charge on any atom is 0.261 e. The van der Waals surface area contributed by atoms with Crippen LogP contribution in [-0.2, 0) is 22.6 Å². The molecule has 0 radical (unpaired) electrons. The van der Waals surface area contributed by atoms with Crippen molar-refractivity contribution in [3.05, 3.63) is 99.8 Å². The van der Waals surface area contributed by atoms with Crippen LogP contribution in [0, 0.1) is 5.82 Å². The molecule has 0 saturated carbocycles. The van der Waals surface area contributed by atoms with Crippen LogP contribution in [0.4, 0.5) is 4.39 Å². The first-order chi connectivity index (χ1) is 17.3. The molecule has 0 spiro atoms. The zero-order valence-corrected chi connectivity index (χ0v) is 21.7. The van der Waals surface area contributed by atoms with E-state index in [2.05, 4.69) is 5.32 Å². The van der Waals surface area contributed by atoms with Gasteiger partial charge in [0.1, 0.15) is 17.6 Å². The normalized spacial score (nSPS) is 12.5. The summed E-state index contributed by atoms with van der Waals surface area (Å²) in [5, 5.41) is 3.78. The standard InChI is InChI=1S/C28H29Cl2FN2O3/c1-3-19(2)32-28(35)26(16-20-8-5-4-6-9-20)33(17-23-24(29)10-7-11-25(23)30)27(34)18-36-22-14-12-21(31)13-15-22/h4-15,19,26H,3,16-18H2,1-2H3,(H,32,35)/t19-,26+/m0/s1. The van der Waals surface area contributed by atoms with Crippen LogP contribution in [0.1, 0.15) is 31.4 Å². The Hall–Kier alpha value is -3.09. The van der Waals surface area contributed by atoms with Gasteiger partial charge >= 0.3 is 0 Å². The first kappa shape index (κ1) is 27.5. The topological polar surface area (TPSA) is 58.6 Å². The first-order valence-corrected chi connectivity index (χ1v) is 12.5. The third-order valence-electron chi connectivity index (χ3n) is 5.84. The number of carbonyl (C=O) groups is 2. The van der Waals surface area contributed by atoms with Crippen molar-refractivity contribution in [3.63, 3.8) is 0 Å². The molecule has 36 heavy (non-hydrogen) atoms. The summed E-state index contributed by atoms with van der Waals surface area (Å²) in [5.74, 6) is -0.792. The van der Waals surface area contributed by atoms with Crippen molar-refractivity contribution in [2.24, 2.45) is 0 Å². The van der Waals surface area contributed by atoms with E-state index in [-0.39, 0.29) is 31.5 Å². The molecule has 1 N–H and O–H groups in total. The number of carbonyl (C=O) groups excluding carboxylic acids is 2. The van der Waals surface area contributed by atoms with Crippen LogP contribution < -0.4 is 10.1 Å². The molecule has 5 nitrogen and oxygen atoms in total. The summed E-state index contributed by atoms with van der Waals surface area (Å²) in [6.45, 7) is 3.54. The van der Waals surface area contributed by atoms with Crippen LogP contribution in [0.25, 0.3) is 0 Å². The summed E-state index contributed by atoms with van der Waals surface area (Å²) in [4.78, 5) is 28.5. The van der Waals surface area contributed by atoms with E-state index in [9.17, 15) is 14.0 Å². The second kappa shape index (κ2) is 13.3. The van der Waals surface area contributed by atoms with E-state index in [0.29, 0.717) is 21.4 Å². The van der Waals surface area contributed by atoms with Crippen molar-refractivity contribution < 1.29 is 18.7 Å². The molecule has 2 amide bonds. The third kappa shape index (κ3) is 7.70. The Morgan fingerprint density at radius 1 is 0.972 bits per heavy atom. The van der Waals surface area contributed by atoms with E-state index in [1.807, 2.05) is 44.2 Å². The monoisotopic (exact) mass is 530 g/mol. The van der Waals surface area contributed by atoms with E-state index in [1.54, 1.807) is 18.2 Å². The molecule has 0 aliphatic carbocycles. The number of nitrogens with zero attached hydrogens (tertiary/aromatic N) is 1. The van der Waals surface area contributed by atoms with Gasteiger partial charge < -0.3 is 15.0 Å². The van der Waals surface area contributed by atoms with Crippen molar-refractivity contribution >= 4 is 35.0 Å². The summed E-state index contributed by atoms with van der Waals surface area (Å²) in [7, 11) is 0. The Labute approximate surface area is 221 Å². The van der Waals surface area contributed by atoms with Crippen LogP contribution in [0.3, 0.4) is 0 Å². The molecule has 2 atom stereocenters. The molecule has 0 aliphatic rings. The minimum atomic E-state index is -0.849. The first-order valence-electron chi connectivity index (χ1n) is 11.7. The fraction of sp³-hybridized carbons (Fsp3) is 0.286. The predicted octanol–water partition coefficient (Wildman–Crippen LogP) is 6.07. The lowest BCUT2D eigenvalue weighted by Gasteiger charge is -2.32. The minimum absolute atomic E-state index is 0.00947. The number of rotatable bonds is 11. The molecule has 0 heterocycles. The molecule has 0 saturated heterocycles. The lowest BCUT2D eigenvalue weighted by molar-refractivity contribution is -0.143. The van der Waals surface area contributed by atoms with Crippen LogP contribution in [-0.4, -0.2) is 35.4 Å². The number of halogens is 3. The van der Waals surface area contributed by atoms with Gasteiger partial charge in [0.2, 0.25) is 5.91 Å². The Morgan fingerprint density at radius 2 is 1.61 bits per heavy atom. The van der Waals surface area contributed by atoms with Gasteiger partial charge in [-0.05, 0) is 55.3 Å². The molecular weight excluding hydrogens is 502 g/mol. The second-order valence-corrected chi connectivity index (χ2v) is 9.30. The van der Waals surface area contributed by atoms with Gasteiger partial charge in [-0.3, -0.25) is 9.59 Å². The SMILES string of the molecule is CC[C@H](C)NC(=O)[C@@H](Cc1ccccc1)N(Cc1c(Cl)cccc1Cl)C(=O)COc1ccc(F)cc1. The van der Waals surface area contributed by atoms with Gasteiger partial charge in [0.05, 0.1) is 0 Å². The fourth-order valence-electron chi connectivity index (χ4n) is 3.61. The number of amides is 2. The zero-order chi connectivity index (χ0) is 26.1. The highest BCUT2D eigenvalue weighted by Gasteiger charge is 2.32. The summed E-state index contributed by atoms with van der Waals surface area (Å²) in [5.41, 5.74) is 1.43. The Balaban J connectivity index is 1.95. The number of hydrogen-bond acceptors (Lipinski definition) is 3. The van der Waals surface area contributed by atoms with Gasteiger partial charge in [0, 0.05) is 34.6 Å². The molecule has 8 heteroatoms. The van der Waals surface area contributed by atoms with E-state index in [4.69, 9.17) is 27.9 Å². The van der Waals surface area contributed by atoms with E-state index in [1.165, 1.54) is 29.2 Å². The summed E-state index contributed by atoms with van der Waals surface area (Å²) >= 11 is 12.9. The van der Waals surface area contributed by atoms with Gasteiger partial charge in [-0.15, -0.1) is 0 Å². The number of ether oxygens (including phenoxy) is 1. The van der Waals surface area contributed by atoms with E-state index in [0.717, 1.165) is 12.0 Å². The maximum atomic E-state index is 13.6. The Morgan fingerprint density at radius 3 is 2.22 bits per heavy atom. The van der Waals surface area contributed by atoms with Crippen LogP contribution in [0.15, 0.2) is 72.8 Å². The highest BCUT2D eigenvalue weighted by Crippen LogP contribution is 2.27. The number of nitrogens with one attached hydrogen (secondary N) is 1. The Kier molecular flexibility index (Phi) is 10.1. The summed E-state index contributed by atoms with van der Waals surface area (Å²) < 4.78 is 18.9. The quantitative estimate of drug-likeness (QED) is 0.327. The van der Waals surface area contributed by atoms with Crippen LogP contribution in [0.2, 0.25) is 10.0 Å². The van der Waals surface area contributed by atoms with E-state index < -0.39 is 17.8 Å². The van der Waals surface area contributed by atoms with Gasteiger partial charge in [-0.2, -0.15) is 0 Å². The summed E-state index contributed by atoms with van der Waals surface area (Å²) in [6, 6.07) is 19.0. The molecule has 0 unspecified atom stereocenters. The van der Waals surface area contributed by atoms with Gasteiger partial charge in [0.15, 0.2) is 6.61 Å². The van der Waals surface area contributed by atoms with Crippen molar-refractivity contribution in [1.29, 1.82) is 0 Å². The molecule has 3 aromatic carbocycles. The van der Waals surface area contributed by atoms with Crippen molar-refractivity contribution in [3.8, 4) is 5.75 Å². The highest BCUT2D eigenvalue weighted by molar-refractivity contribution is 6.36. The lowest BCUT2D eigenvalue weighted by Crippen LogP contribution is -2.53. The van der Waals surface area contributed by atoms with E-state index >= 15 is 0 Å². The van der Waals surface area contributed by atoms with Crippen molar-refractivity contribution in [2.45, 2.75) is 45.3 Å². The minimum Gasteiger partial charge on any atom is -0.484 e. The molecule has 190 valence electrons. The molecule has 0 fully saturated rings. The van der Waals surface area contributed by atoms with Gasteiger partial charge in [-0.1, -0.05) is 66.5 Å². The van der Waals surface area contributed by atoms with Gasteiger partial charge in [0.25, 0.3) is 5.91 Å². The van der Waals surface area contributed by atoms with Crippen molar-refractivity contribution in [1.82, 2.24) is 10.2 Å². The molecule has 0 aromatic heterocycles. The van der Waals surface area contributed by atoms with Gasteiger partial charge in [-0.25, -0.2) is 4.39 Å². The predicted molar refractivity (Wildman–Crippen MR) is 141 cm³/mol. The molecule has 0 aliphatic heterocycles. The Bertz CT molecular complexity index is 1140.